The Morgan fingerprint density at radius 1 is 1.19 bits per heavy atom. The zero-order valence-corrected chi connectivity index (χ0v) is 13.9. The van der Waals surface area contributed by atoms with Crippen molar-refractivity contribution in [2.75, 3.05) is 18.4 Å². The van der Waals surface area contributed by atoms with E-state index in [9.17, 15) is 0 Å². The third kappa shape index (κ3) is 3.86. The molecule has 0 amide bonds. The Labute approximate surface area is 135 Å². The Balaban J connectivity index is 1.58. The molecule has 2 aromatic rings. The molecule has 1 N–H and O–H groups in total. The molecule has 1 aliphatic rings. The van der Waals surface area contributed by atoms with Gasteiger partial charge < -0.3 is 5.32 Å². The molecule has 0 radical (unpaired) electrons. The van der Waals surface area contributed by atoms with Crippen LogP contribution < -0.4 is 5.32 Å². The molecule has 1 fully saturated rings. The summed E-state index contributed by atoms with van der Waals surface area (Å²) in [5.74, 6) is 0. The molecule has 0 spiro atoms. The van der Waals surface area contributed by atoms with Gasteiger partial charge in [-0.15, -0.1) is 0 Å². The highest BCUT2D eigenvalue weighted by atomic mass is 79.9. The maximum atomic E-state index is 3.69. The average molecular weight is 345 g/mol. The standard InChI is InChI=1S/C18H21BrN2/c1-14-7-8-16(19)11-18(14)20-17-9-10-21(13-17)12-15-5-3-2-4-6-15/h2-8,11,17,20H,9-10,12-13H2,1H3. The van der Waals surface area contributed by atoms with Gasteiger partial charge in [-0.25, -0.2) is 0 Å². The fourth-order valence-corrected chi connectivity index (χ4v) is 3.27. The average Bonchev–Trinajstić information content (AvgIpc) is 2.91. The van der Waals surface area contributed by atoms with Crippen LogP contribution in [-0.4, -0.2) is 24.0 Å². The van der Waals surface area contributed by atoms with Crippen LogP contribution in [0.25, 0.3) is 0 Å². The number of hydrogen-bond donors (Lipinski definition) is 1. The summed E-state index contributed by atoms with van der Waals surface area (Å²) in [4.78, 5) is 2.53. The van der Waals surface area contributed by atoms with Gasteiger partial charge in [-0.05, 0) is 36.6 Å². The van der Waals surface area contributed by atoms with Gasteiger partial charge in [0.15, 0.2) is 0 Å². The highest BCUT2D eigenvalue weighted by molar-refractivity contribution is 9.10. The Kier molecular flexibility index (Phi) is 4.61. The second-order valence-electron chi connectivity index (χ2n) is 5.81. The second kappa shape index (κ2) is 6.63. The van der Waals surface area contributed by atoms with Gasteiger partial charge in [0.2, 0.25) is 0 Å². The van der Waals surface area contributed by atoms with Crippen molar-refractivity contribution in [1.82, 2.24) is 4.90 Å². The molecule has 3 heteroatoms. The van der Waals surface area contributed by atoms with E-state index in [0.717, 1.165) is 17.6 Å². The molecule has 0 aliphatic carbocycles. The Morgan fingerprint density at radius 2 is 2.00 bits per heavy atom. The lowest BCUT2D eigenvalue weighted by molar-refractivity contribution is 0.328. The van der Waals surface area contributed by atoms with Crippen molar-refractivity contribution in [2.24, 2.45) is 0 Å². The van der Waals surface area contributed by atoms with E-state index in [-0.39, 0.29) is 0 Å². The predicted molar refractivity (Wildman–Crippen MR) is 92.6 cm³/mol. The highest BCUT2D eigenvalue weighted by Crippen LogP contribution is 2.24. The van der Waals surface area contributed by atoms with E-state index in [4.69, 9.17) is 0 Å². The van der Waals surface area contributed by atoms with Gasteiger partial charge in [-0.3, -0.25) is 4.90 Å². The molecule has 0 bridgehead atoms. The minimum Gasteiger partial charge on any atom is -0.381 e. The molecule has 1 aliphatic heterocycles. The van der Waals surface area contributed by atoms with E-state index in [1.54, 1.807) is 0 Å². The second-order valence-corrected chi connectivity index (χ2v) is 6.73. The number of nitrogens with one attached hydrogen (secondary N) is 1. The van der Waals surface area contributed by atoms with Crippen LogP contribution in [0.4, 0.5) is 5.69 Å². The minimum absolute atomic E-state index is 0.543. The Hall–Kier alpha value is -1.32. The molecule has 1 atom stereocenters. The maximum Gasteiger partial charge on any atom is 0.0400 e. The van der Waals surface area contributed by atoms with Crippen molar-refractivity contribution in [1.29, 1.82) is 0 Å². The first-order valence-corrected chi connectivity index (χ1v) is 8.29. The van der Waals surface area contributed by atoms with Crippen LogP contribution in [0.3, 0.4) is 0 Å². The van der Waals surface area contributed by atoms with E-state index in [2.05, 4.69) is 81.6 Å². The monoisotopic (exact) mass is 344 g/mol. The van der Waals surface area contributed by atoms with Gasteiger partial charge in [0.25, 0.3) is 0 Å². The summed E-state index contributed by atoms with van der Waals surface area (Å²) in [6.07, 6.45) is 1.21. The fraction of sp³-hybridized carbons (Fsp3) is 0.333. The number of hydrogen-bond acceptors (Lipinski definition) is 2. The smallest absolute Gasteiger partial charge is 0.0400 e. The van der Waals surface area contributed by atoms with Gasteiger partial charge >= 0.3 is 0 Å². The molecular weight excluding hydrogens is 324 g/mol. The molecule has 1 saturated heterocycles. The van der Waals surface area contributed by atoms with Crippen LogP contribution in [0.5, 0.6) is 0 Å². The van der Waals surface area contributed by atoms with E-state index in [1.807, 2.05) is 0 Å². The maximum absolute atomic E-state index is 3.69. The fourth-order valence-electron chi connectivity index (χ4n) is 2.91. The number of rotatable bonds is 4. The van der Waals surface area contributed by atoms with Gasteiger partial charge in [0, 0.05) is 35.8 Å². The topological polar surface area (TPSA) is 15.3 Å². The first-order valence-electron chi connectivity index (χ1n) is 7.50. The number of aryl methyl sites for hydroxylation is 1. The lowest BCUT2D eigenvalue weighted by Crippen LogP contribution is -2.26. The number of likely N-dealkylation sites (tertiary alicyclic amines) is 1. The first-order chi connectivity index (χ1) is 10.2. The van der Waals surface area contributed by atoms with E-state index in [1.165, 1.54) is 29.8 Å². The summed E-state index contributed by atoms with van der Waals surface area (Å²) in [5.41, 5.74) is 3.95. The summed E-state index contributed by atoms with van der Waals surface area (Å²) >= 11 is 3.55. The zero-order chi connectivity index (χ0) is 14.7. The molecule has 1 unspecified atom stereocenters. The van der Waals surface area contributed by atoms with Crippen molar-refractivity contribution in [3.8, 4) is 0 Å². The summed E-state index contributed by atoms with van der Waals surface area (Å²) in [6.45, 7) is 5.49. The van der Waals surface area contributed by atoms with Crippen molar-refractivity contribution < 1.29 is 0 Å². The normalized spacial score (nSPS) is 18.9. The summed E-state index contributed by atoms with van der Waals surface area (Å²) < 4.78 is 1.13. The van der Waals surface area contributed by atoms with Crippen molar-refractivity contribution in [3.63, 3.8) is 0 Å². The van der Waals surface area contributed by atoms with Gasteiger partial charge in [0.05, 0.1) is 0 Å². The molecule has 110 valence electrons. The summed E-state index contributed by atoms with van der Waals surface area (Å²) in [6, 6.07) is 17.7. The van der Waals surface area contributed by atoms with Gasteiger partial charge in [-0.1, -0.05) is 52.3 Å². The summed E-state index contributed by atoms with van der Waals surface area (Å²) in [5, 5.41) is 3.69. The van der Waals surface area contributed by atoms with E-state index < -0.39 is 0 Å². The third-order valence-corrected chi connectivity index (χ3v) is 4.57. The molecule has 2 aromatic carbocycles. The number of anilines is 1. The minimum atomic E-state index is 0.543. The van der Waals surface area contributed by atoms with Gasteiger partial charge in [-0.2, -0.15) is 0 Å². The van der Waals surface area contributed by atoms with E-state index in [0.29, 0.717) is 6.04 Å². The van der Waals surface area contributed by atoms with Crippen LogP contribution in [0.2, 0.25) is 0 Å². The molecule has 2 nitrogen and oxygen atoms in total. The third-order valence-electron chi connectivity index (χ3n) is 4.08. The van der Waals surface area contributed by atoms with Crippen LogP contribution in [0, 0.1) is 6.92 Å². The Morgan fingerprint density at radius 3 is 2.81 bits per heavy atom. The number of nitrogens with zero attached hydrogens (tertiary/aromatic N) is 1. The Bertz CT molecular complexity index is 597. The van der Waals surface area contributed by atoms with Crippen LogP contribution in [-0.2, 0) is 6.54 Å². The highest BCUT2D eigenvalue weighted by Gasteiger charge is 2.22. The van der Waals surface area contributed by atoms with E-state index >= 15 is 0 Å². The molecular formula is C18H21BrN2. The zero-order valence-electron chi connectivity index (χ0n) is 12.3. The quantitative estimate of drug-likeness (QED) is 0.881. The lowest BCUT2D eigenvalue weighted by atomic mass is 10.1. The molecule has 21 heavy (non-hydrogen) atoms. The summed E-state index contributed by atoms with van der Waals surface area (Å²) in [7, 11) is 0. The van der Waals surface area contributed by atoms with Crippen LogP contribution in [0.1, 0.15) is 17.5 Å². The first kappa shape index (κ1) is 14.6. The van der Waals surface area contributed by atoms with Gasteiger partial charge in [0.1, 0.15) is 0 Å². The predicted octanol–water partition coefficient (Wildman–Crippen LogP) is 4.44. The number of benzene rings is 2. The molecule has 1 heterocycles. The van der Waals surface area contributed by atoms with Crippen molar-refractivity contribution in [2.45, 2.75) is 25.9 Å². The molecule has 0 saturated carbocycles. The molecule has 0 aromatic heterocycles. The van der Waals surface area contributed by atoms with Crippen molar-refractivity contribution in [3.05, 3.63) is 64.1 Å². The van der Waals surface area contributed by atoms with Crippen LogP contribution in [0.15, 0.2) is 53.0 Å². The van der Waals surface area contributed by atoms with Crippen LogP contribution >= 0.6 is 15.9 Å². The SMILES string of the molecule is Cc1ccc(Br)cc1NC1CCN(Cc2ccccc2)C1. The lowest BCUT2D eigenvalue weighted by Gasteiger charge is -2.18. The van der Waals surface area contributed by atoms with Crippen molar-refractivity contribution >= 4 is 21.6 Å². The largest absolute Gasteiger partial charge is 0.381 e. The molecule has 3 rings (SSSR count). The number of halogens is 1.